The molecule has 0 amide bonds. The molecule has 0 saturated carbocycles. The van der Waals surface area contributed by atoms with Crippen molar-refractivity contribution in [3.8, 4) is 5.75 Å². The van der Waals surface area contributed by atoms with Gasteiger partial charge in [-0.25, -0.2) is 5.01 Å². The number of rotatable bonds is 2. The Balaban J connectivity index is 1.62. The number of ether oxygens (including phenoxy) is 1. The van der Waals surface area contributed by atoms with E-state index in [0.29, 0.717) is 20.8 Å². The third kappa shape index (κ3) is 3.38. The molecule has 146 valence electrons. The number of fused-ring (bicyclic) bond motifs is 3. The van der Waals surface area contributed by atoms with Crippen LogP contribution < -0.4 is 4.74 Å². The van der Waals surface area contributed by atoms with E-state index < -0.39 is 0 Å². The van der Waals surface area contributed by atoms with Gasteiger partial charge in [0.05, 0.1) is 16.8 Å². The van der Waals surface area contributed by atoms with E-state index in [1.54, 1.807) is 6.07 Å². The molecule has 0 fully saturated rings. The van der Waals surface area contributed by atoms with Crippen molar-refractivity contribution in [2.45, 2.75) is 25.6 Å². The SMILES string of the molecule is Cc1ccc([C@H]2Oc3c(Cl)cc(Cl)cc3[C@@H]3CC(c4ccc(Cl)cc4)=NN23)cc1. The van der Waals surface area contributed by atoms with Crippen LogP contribution in [0.5, 0.6) is 5.75 Å². The summed E-state index contributed by atoms with van der Waals surface area (Å²) < 4.78 is 6.37. The highest BCUT2D eigenvalue weighted by Crippen LogP contribution is 2.50. The average molecular weight is 444 g/mol. The van der Waals surface area contributed by atoms with E-state index in [-0.39, 0.29) is 12.3 Å². The van der Waals surface area contributed by atoms with Crippen molar-refractivity contribution in [3.63, 3.8) is 0 Å². The van der Waals surface area contributed by atoms with E-state index in [1.807, 2.05) is 35.3 Å². The van der Waals surface area contributed by atoms with Crippen molar-refractivity contribution in [2.24, 2.45) is 5.10 Å². The van der Waals surface area contributed by atoms with Crippen LogP contribution in [-0.2, 0) is 0 Å². The van der Waals surface area contributed by atoms with Crippen LogP contribution in [0.1, 0.15) is 40.9 Å². The maximum atomic E-state index is 6.51. The fourth-order valence-corrected chi connectivity index (χ4v) is 4.56. The van der Waals surface area contributed by atoms with Gasteiger partial charge in [-0.15, -0.1) is 0 Å². The lowest BCUT2D eigenvalue weighted by molar-refractivity contribution is -0.0189. The van der Waals surface area contributed by atoms with Gasteiger partial charge in [0.15, 0.2) is 0 Å². The highest BCUT2D eigenvalue weighted by molar-refractivity contribution is 6.35. The Labute approximate surface area is 184 Å². The van der Waals surface area contributed by atoms with Crippen LogP contribution >= 0.6 is 34.8 Å². The molecule has 0 aromatic heterocycles. The van der Waals surface area contributed by atoms with Crippen LogP contribution in [0, 0.1) is 6.92 Å². The van der Waals surface area contributed by atoms with Crippen LogP contribution in [-0.4, -0.2) is 10.7 Å². The topological polar surface area (TPSA) is 24.8 Å². The highest BCUT2D eigenvalue weighted by Gasteiger charge is 2.42. The average Bonchev–Trinajstić information content (AvgIpc) is 3.14. The van der Waals surface area contributed by atoms with E-state index in [9.17, 15) is 0 Å². The molecule has 2 aliphatic heterocycles. The molecule has 3 aromatic carbocycles. The minimum atomic E-state index is -0.364. The normalized spacial score (nSPS) is 20.0. The van der Waals surface area contributed by atoms with Crippen molar-refractivity contribution in [3.05, 3.63) is 98.0 Å². The molecule has 0 N–H and O–H groups in total. The number of hydrogen-bond donors (Lipinski definition) is 0. The monoisotopic (exact) mass is 442 g/mol. The number of hydrazone groups is 1. The molecule has 0 spiro atoms. The van der Waals surface area contributed by atoms with Gasteiger partial charge >= 0.3 is 0 Å². The molecule has 2 aliphatic rings. The van der Waals surface area contributed by atoms with Crippen molar-refractivity contribution in [1.29, 1.82) is 0 Å². The molecule has 0 saturated heterocycles. The molecule has 2 atom stereocenters. The summed E-state index contributed by atoms with van der Waals surface area (Å²) in [5.74, 6) is 0.676. The zero-order chi connectivity index (χ0) is 20.1. The van der Waals surface area contributed by atoms with Crippen molar-refractivity contribution in [2.75, 3.05) is 0 Å². The molecule has 0 bridgehead atoms. The number of halogens is 3. The van der Waals surface area contributed by atoms with Gasteiger partial charge in [0.25, 0.3) is 0 Å². The smallest absolute Gasteiger partial charge is 0.213 e. The molecule has 0 radical (unpaired) electrons. The van der Waals surface area contributed by atoms with Crippen LogP contribution in [0.3, 0.4) is 0 Å². The first kappa shape index (κ1) is 18.8. The molecule has 0 unspecified atom stereocenters. The van der Waals surface area contributed by atoms with E-state index in [2.05, 4.69) is 31.2 Å². The molecule has 5 rings (SSSR count). The lowest BCUT2D eigenvalue weighted by atomic mass is 9.95. The third-order valence-electron chi connectivity index (χ3n) is 5.35. The van der Waals surface area contributed by atoms with Gasteiger partial charge in [0, 0.05) is 27.6 Å². The molecule has 6 heteroatoms. The fourth-order valence-electron chi connectivity index (χ4n) is 3.88. The zero-order valence-electron chi connectivity index (χ0n) is 15.6. The zero-order valence-corrected chi connectivity index (χ0v) is 17.8. The number of benzene rings is 3. The minimum Gasteiger partial charge on any atom is -0.463 e. The number of hydrogen-bond acceptors (Lipinski definition) is 3. The Hall–Kier alpha value is -2.20. The standard InChI is InChI=1S/C23H17Cl3N2O/c1-13-2-4-15(5-3-13)23-28-21(18-10-17(25)11-19(26)22(18)29-23)12-20(27-28)14-6-8-16(24)9-7-14/h2-11,21,23H,12H2,1H3/t21-,23+/m0/s1. The van der Waals surface area contributed by atoms with Gasteiger partial charge in [0.2, 0.25) is 6.23 Å². The molecule has 0 aliphatic carbocycles. The summed E-state index contributed by atoms with van der Waals surface area (Å²) in [6, 6.07) is 19.7. The van der Waals surface area contributed by atoms with E-state index in [4.69, 9.17) is 44.6 Å². The molecule has 3 aromatic rings. The van der Waals surface area contributed by atoms with Gasteiger partial charge in [-0.2, -0.15) is 5.10 Å². The van der Waals surface area contributed by atoms with Crippen LogP contribution in [0.2, 0.25) is 15.1 Å². The molecule has 2 heterocycles. The van der Waals surface area contributed by atoms with Gasteiger partial charge in [-0.05, 0) is 36.8 Å². The Bertz CT molecular complexity index is 1110. The van der Waals surface area contributed by atoms with Crippen molar-refractivity contribution in [1.82, 2.24) is 5.01 Å². The summed E-state index contributed by atoms with van der Waals surface area (Å²) in [4.78, 5) is 0. The van der Waals surface area contributed by atoms with Crippen LogP contribution in [0.4, 0.5) is 0 Å². The Morgan fingerprint density at radius 3 is 2.38 bits per heavy atom. The molecule has 3 nitrogen and oxygen atoms in total. The minimum absolute atomic E-state index is 0.00747. The van der Waals surface area contributed by atoms with Crippen LogP contribution in [0.15, 0.2) is 65.8 Å². The summed E-state index contributed by atoms with van der Waals surface area (Å²) in [6.45, 7) is 2.06. The van der Waals surface area contributed by atoms with E-state index in [0.717, 1.165) is 28.8 Å². The number of aryl methyl sites for hydroxylation is 1. The van der Waals surface area contributed by atoms with Crippen LogP contribution in [0.25, 0.3) is 0 Å². The van der Waals surface area contributed by atoms with Crippen molar-refractivity contribution < 1.29 is 4.74 Å². The van der Waals surface area contributed by atoms with E-state index in [1.165, 1.54) is 5.56 Å². The maximum absolute atomic E-state index is 6.51. The fraction of sp³-hybridized carbons (Fsp3) is 0.174. The first-order valence-electron chi connectivity index (χ1n) is 9.33. The number of nitrogens with zero attached hydrogens (tertiary/aromatic N) is 2. The highest BCUT2D eigenvalue weighted by atomic mass is 35.5. The Morgan fingerprint density at radius 2 is 1.66 bits per heavy atom. The van der Waals surface area contributed by atoms with Gasteiger partial charge in [-0.1, -0.05) is 76.8 Å². The largest absolute Gasteiger partial charge is 0.463 e. The quantitative estimate of drug-likeness (QED) is 0.418. The lowest BCUT2D eigenvalue weighted by Crippen LogP contribution is -2.33. The lowest BCUT2D eigenvalue weighted by Gasteiger charge is -2.38. The van der Waals surface area contributed by atoms with Crippen molar-refractivity contribution >= 4 is 40.5 Å². The van der Waals surface area contributed by atoms with Gasteiger partial charge < -0.3 is 4.74 Å². The predicted molar refractivity (Wildman–Crippen MR) is 118 cm³/mol. The predicted octanol–water partition coefficient (Wildman–Crippen LogP) is 7.20. The molecular formula is C23H17Cl3N2O. The maximum Gasteiger partial charge on any atom is 0.213 e. The summed E-state index contributed by atoms with van der Waals surface area (Å²) in [5, 5.41) is 8.77. The first-order valence-corrected chi connectivity index (χ1v) is 10.5. The summed E-state index contributed by atoms with van der Waals surface area (Å²) >= 11 is 18.9. The third-order valence-corrected chi connectivity index (χ3v) is 6.10. The molecular weight excluding hydrogens is 427 g/mol. The first-order chi connectivity index (χ1) is 14.0. The second-order valence-corrected chi connectivity index (χ2v) is 8.62. The Kier molecular flexibility index (Phi) is 4.70. The summed E-state index contributed by atoms with van der Waals surface area (Å²) in [6.07, 6.45) is 0.369. The second-order valence-electron chi connectivity index (χ2n) is 7.34. The van der Waals surface area contributed by atoms with E-state index >= 15 is 0 Å². The summed E-state index contributed by atoms with van der Waals surface area (Å²) in [5.41, 5.74) is 5.20. The Morgan fingerprint density at radius 1 is 0.931 bits per heavy atom. The summed E-state index contributed by atoms with van der Waals surface area (Å²) in [7, 11) is 0. The molecule has 29 heavy (non-hydrogen) atoms. The van der Waals surface area contributed by atoms with Gasteiger partial charge in [0.1, 0.15) is 5.75 Å². The van der Waals surface area contributed by atoms with Gasteiger partial charge in [-0.3, -0.25) is 0 Å². The second kappa shape index (κ2) is 7.24.